The molecule has 2 atom stereocenters. The Kier molecular flexibility index (Phi) is 11.7. The SMILES string of the molecule is CC[C@@H](C)NC(=O)[C@@H](Cc1ccccc1)N(Cc1ccccc1Cl)C(=O)CN(c1cccc(Cl)c1)S(=O)(=O)c1ccc(C)cc1. The van der Waals surface area contributed by atoms with Crippen LogP contribution in [0.5, 0.6) is 0 Å². The molecular formula is C35H37Cl2N3O4S. The van der Waals surface area contributed by atoms with E-state index in [1.54, 1.807) is 54.6 Å². The summed E-state index contributed by atoms with van der Waals surface area (Å²) in [5.74, 6) is -0.921. The summed E-state index contributed by atoms with van der Waals surface area (Å²) in [5, 5.41) is 3.76. The topological polar surface area (TPSA) is 86.8 Å². The van der Waals surface area contributed by atoms with Crippen molar-refractivity contribution in [2.24, 2.45) is 0 Å². The van der Waals surface area contributed by atoms with Crippen LogP contribution in [0, 0.1) is 6.92 Å². The minimum absolute atomic E-state index is 0.0160. The summed E-state index contributed by atoms with van der Waals surface area (Å²) >= 11 is 12.8. The number of aryl methyl sites for hydroxylation is 1. The second kappa shape index (κ2) is 15.4. The third kappa shape index (κ3) is 8.87. The number of carbonyl (C=O) groups excluding carboxylic acids is 2. The molecule has 4 aromatic rings. The monoisotopic (exact) mass is 665 g/mol. The van der Waals surface area contributed by atoms with E-state index in [4.69, 9.17) is 23.2 Å². The van der Waals surface area contributed by atoms with Gasteiger partial charge >= 0.3 is 0 Å². The lowest BCUT2D eigenvalue weighted by molar-refractivity contribution is -0.140. The predicted molar refractivity (Wildman–Crippen MR) is 181 cm³/mol. The van der Waals surface area contributed by atoms with Crippen molar-refractivity contribution in [3.05, 3.63) is 130 Å². The molecule has 4 aromatic carbocycles. The minimum atomic E-state index is -4.22. The Labute approximate surface area is 275 Å². The number of anilines is 1. The molecule has 0 unspecified atom stereocenters. The van der Waals surface area contributed by atoms with Crippen LogP contribution in [0.2, 0.25) is 10.0 Å². The molecule has 0 radical (unpaired) electrons. The molecule has 0 heterocycles. The molecule has 45 heavy (non-hydrogen) atoms. The molecule has 0 aliphatic heterocycles. The lowest BCUT2D eigenvalue weighted by atomic mass is 10.0. The average molecular weight is 667 g/mol. The molecule has 0 saturated carbocycles. The number of carbonyl (C=O) groups is 2. The number of nitrogens with zero attached hydrogens (tertiary/aromatic N) is 2. The van der Waals surface area contributed by atoms with Crippen LogP contribution < -0.4 is 9.62 Å². The van der Waals surface area contributed by atoms with Gasteiger partial charge in [0.2, 0.25) is 11.8 Å². The number of amides is 2. The highest BCUT2D eigenvalue weighted by Gasteiger charge is 2.35. The van der Waals surface area contributed by atoms with Gasteiger partial charge in [-0.2, -0.15) is 0 Å². The number of hydrogen-bond acceptors (Lipinski definition) is 4. The van der Waals surface area contributed by atoms with Gasteiger partial charge in [-0.25, -0.2) is 8.42 Å². The zero-order valence-corrected chi connectivity index (χ0v) is 27.8. The van der Waals surface area contributed by atoms with Crippen molar-refractivity contribution in [2.75, 3.05) is 10.8 Å². The Morgan fingerprint density at radius 2 is 1.53 bits per heavy atom. The fourth-order valence-corrected chi connectivity index (χ4v) is 6.59. The van der Waals surface area contributed by atoms with E-state index in [2.05, 4.69) is 5.32 Å². The molecule has 2 amide bonds. The Bertz CT molecular complexity index is 1720. The standard InChI is InChI=1S/C35H37Cl2N3O4S/c1-4-26(3)38-35(42)33(21-27-11-6-5-7-12-27)39(23-28-13-8-9-16-32(28)37)34(41)24-40(30-15-10-14-29(36)22-30)45(43,44)31-19-17-25(2)18-20-31/h5-20,22,26,33H,4,21,23-24H2,1-3H3,(H,38,42)/t26-,33-/m1/s1. The van der Waals surface area contributed by atoms with Gasteiger partial charge in [-0.1, -0.05) is 102 Å². The Morgan fingerprint density at radius 3 is 2.18 bits per heavy atom. The summed E-state index contributed by atoms with van der Waals surface area (Å²) in [4.78, 5) is 29.9. The van der Waals surface area contributed by atoms with Crippen molar-refractivity contribution in [1.29, 1.82) is 0 Å². The van der Waals surface area contributed by atoms with Crippen LogP contribution in [-0.4, -0.2) is 43.8 Å². The summed E-state index contributed by atoms with van der Waals surface area (Å²) in [6.45, 7) is 5.12. The van der Waals surface area contributed by atoms with Crippen molar-refractivity contribution >= 4 is 50.7 Å². The second-order valence-electron chi connectivity index (χ2n) is 10.9. The van der Waals surface area contributed by atoms with Gasteiger partial charge in [0, 0.05) is 29.1 Å². The first-order chi connectivity index (χ1) is 21.5. The molecule has 0 aliphatic rings. The molecule has 4 rings (SSSR count). The fourth-order valence-electron chi connectivity index (χ4n) is 4.80. The molecule has 0 fully saturated rings. The molecule has 0 saturated heterocycles. The predicted octanol–water partition coefficient (Wildman–Crippen LogP) is 7.05. The summed E-state index contributed by atoms with van der Waals surface area (Å²) in [5.41, 5.74) is 2.58. The van der Waals surface area contributed by atoms with Gasteiger partial charge in [0.1, 0.15) is 12.6 Å². The van der Waals surface area contributed by atoms with Gasteiger partial charge in [-0.3, -0.25) is 13.9 Å². The molecule has 10 heteroatoms. The molecule has 7 nitrogen and oxygen atoms in total. The average Bonchev–Trinajstić information content (AvgIpc) is 3.02. The first kappa shape index (κ1) is 34.0. The third-order valence-electron chi connectivity index (χ3n) is 7.55. The van der Waals surface area contributed by atoms with Gasteiger partial charge in [-0.15, -0.1) is 0 Å². The largest absolute Gasteiger partial charge is 0.352 e. The number of sulfonamides is 1. The molecule has 0 aromatic heterocycles. The first-order valence-corrected chi connectivity index (χ1v) is 16.9. The summed E-state index contributed by atoms with van der Waals surface area (Å²) in [7, 11) is -4.22. The van der Waals surface area contributed by atoms with E-state index >= 15 is 0 Å². The smallest absolute Gasteiger partial charge is 0.264 e. The van der Waals surface area contributed by atoms with E-state index in [0.717, 1.165) is 15.4 Å². The van der Waals surface area contributed by atoms with E-state index in [-0.39, 0.29) is 35.5 Å². The van der Waals surface area contributed by atoms with Gasteiger partial charge in [0.15, 0.2) is 0 Å². The van der Waals surface area contributed by atoms with Gasteiger partial charge < -0.3 is 10.2 Å². The Morgan fingerprint density at radius 1 is 0.867 bits per heavy atom. The van der Waals surface area contributed by atoms with Crippen molar-refractivity contribution in [1.82, 2.24) is 10.2 Å². The van der Waals surface area contributed by atoms with Gasteiger partial charge in [0.25, 0.3) is 10.0 Å². The van der Waals surface area contributed by atoms with Gasteiger partial charge in [0.05, 0.1) is 10.6 Å². The summed E-state index contributed by atoms with van der Waals surface area (Å²) < 4.78 is 29.3. The quantitative estimate of drug-likeness (QED) is 0.166. The van der Waals surface area contributed by atoms with Crippen molar-refractivity contribution < 1.29 is 18.0 Å². The maximum absolute atomic E-state index is 14.5. The van der Waals surface area contributed by atoms with E-state index < -0.39 is 28.5 Å². The van der Waals surface area contributed by atoms with Crippen molar-refractivity contribution in [3.63, 3.8) is 0 Å². The Hall–Kier alpha value is -3.85. The number of halogens is 2. The number of hydrogen-bond donors (Lipinski definition) is 1. The second-order valence-corrected chi connectivity index (χ2v) is 13.6. The summed E-state index contributed by atoms with van der Waals surface area (Å²) in [6.07, 6.45) is 0.904. The van der Waals surface area contributed by atoms with Gasteiger partial charge in [-0.05, 0) is 67.8 Å². The molecule has 0 bridgehead atoms. The maximum atomic E-state index is 14.5. The minimum Gasteiger partial charge on any atom is -0.352 e. The zero-order valence-electron chi connectivity index (χ0n) is 25.5. The fraction of sp³-hybridized carbons (Fsp3) is 0.257. The molecule has 0 aliphatic carbocycles. The normalized spacial score (nSPS) is 12.6. The van der Waals surface area contributed by atoms with Crippen LogP contribution in [0.25, 0.3) is 0 Å². The maximum Gasteiger partial charge on any atom is 0.264 e. The number of rotatable bonds is 13. The first-order valence-electron chi connectivity index (χ1n) is 14.7. The lowest BCUT2D eigenvalue weighted by Crippen LogP contribution is -2.54. The van der Waals surface area contributed by atoms with E-state index in [1.165, 1.54) is 23.1 Å². The zero-order chi connectivity index (χ0) is 32.6. The van der Waals surface area contributed by atoms with Crippen molar-refractivity contribution in [3.8, 4) is 0 Å². The summed E-state index contributed by atoms with van der Waals surface area (Å²) in [6, 6.07) is 28.1. The van der Waals surface area contributed by atoms with E-state index in [0.29, 0.717) is 22.0 Å². The molecule has 236 valence electrons. The number of benzene rings is 4. The van der Waals surface area contributed by atoms with Crippen LogP contribution in [-0.2, 0) is 32.6 Å². The number of nitrogens with one attached hydrogen (secondary N) is 1. The lowest BCUT2D eigenvalue weighted by Gasteiger charge is -2.34. The van der Waals surface area contributed by atoms with Crippen molar-refractivity contribution in [2.45, 2.75) is 57.1 Å². The molecular weight excluding hydrogens is 629 g/mol. The molecule has 0 spiro atoms. The van der Waals surface area contributed by atoms with Crippen LogP contribution in [0.4, 0.5) is 5.69 Å². The Balaban J connectivity index is 1.82. The highest BCUT2D eigenvalue weighted by atomic mass is 35.5. The third-order valence-corrected chi connectivity index (χ3v) is 9.95. The van der Waals surface area contributed by atoms with Crippen LogP contribution >= 0.6 is 23.2 Å². The van der Waals surface area contributed by atoms with Crippen LogP contribution in [0.1, 0.15) is 37.0 Å². The highest BCUT2D eigenvalue weighted by Crippen LogP contribution is 2.28. The van der Waals surface area contributed by atoms with Crippen LogP contribution in [0.3, 0.4) is 0 Å². The van der Waals surface area contributed by atoms with E-state index in [9.17, 15) is 18.0 Å². The van der Waals surface area contributed by atoms with Crippen LogP contribution in [0.15, 0.2) is 108 Å². The van der Waals surface area contributed by atoms with E-state index in [1.807, 2.05) is 51.1 Å². The highest BCUT2D eigenvalue weighted by molar-refractivity contribution is 7.92. The molecule has 1 N–H and O–H groups in total.